The van der Waals surface area contributed by atoms with Crippen molar-refractivity contribution in [3.63, 3.8) is 0 Å². The number of benzene rings is 2. The number of halogens is 3. The van der Waals surface area contributed by atoms with Gasteiger partial charge in [0.15, 0.2) is 5.82 Å². The van der Waals surface area contributed by atoms with E-state index in [0.29, 0.717) is 26.7 Å². The number of hydrogen-bond acceptors (Lipinski definition) is 5. The van der Waals surface area contributed by atoms with Gasteiger partial charge in [-0.3, -0.25) is 4.79 Å². The number of nitrogen functional groups attached to an aromatic ring is 1. The van der Waals surface area contributed by atoms with Gasteiger partial charge in [-0.2, -0.15) is 0 Å². The molecule has 3 aromatic rings. The average molecular weight is 473 g/mol. The Balaban J connectivity index is 1.68. The number of nitrogens with zero attached hydrogens (tertiary/aromatic N) is 3. The molecule has 0 radical (unpaired) electrons. The molecule has 1 amide bonds. The van der Waals surface area contributed by atoms with E-state index in [4.69, 9.17) is 29.0 Å². The SMILES string of the molecule is Nn1c(SCC(=O)Nc2cccc(Cl)c2Cl)nnc1-c1ccccc1Br. The molecule has 0 aliphatic rings. The van der Waals surface area contributed by atoms with Gasteiger partial charge >= 0.3 is 0 Å². The zero-order valence-corrected chi connectivity index (χ0v) is 17.0. The smallest absolute Gasteiger partial charge is 0.234 e. The first kappa shape index (κ1) is 19.0. The van der Waals surface area contributed by atoms with Gasteiger partial charge in [0.2, 0.25) is 11.1 Å². The van der Waals surface area contributed by atoms with Gasteiger partial charge in [-0.25, -0.2) is 4.68 Å². The third kappa shape index (κ3) is 4.15. The summed E-state index contributed by atoms with van der Waals surface area (Å²) in [5.74, 6) is 6.40. The van der Waals surface area contributed by atoms with Crippen molar-refractivity contribution < 1.29 is 4.79 Å². The quantitative estimate of drug-likeness (QED) is 0.423. The molecular weight excluding hydrogens is 461 g/mol. The lowest BCUT2D eigenvalue weighted by Crippen LogP contribution is -2.16. The van der Waals surface area contributed by atoms with Crippen LogP contribution >= 0.6 is 50.9 Å². The Labute approximate surface area is 172 Å². The Hall–Kier alpha value is -1.74. The van der Waals surface area contributed by atoms with Crippen LogP contribution < -0.4 is 11.2 Å². The van der Waals surface area contributed by atoms with Crippen molar-refractivity contribution in [2.24, 2.45) is 0 Å². The maximum Gasteiger partial charge on any atom is 0.234 e. The lowest BCUT2D eigenvalue weighted by Gasteiger charge is -2.08. The van der Waals surface area contributed by atoms with Crippen molar-refractivity contribution in [1.82, 2.24) is 14.9 Å². The van der Waals surface area contributed by atoms with E-state index in [0.717, 1.165) is 10.0 Å². The van der Waals surface area contributed by atoms with Crippen molar-refractivity contribution in [2.75, 3.05) is 16.9 Å². The third-order valence-corrected chi connectivity index (χ3v) is 5.79. The molecular formula is C16H12BrCl2N5OS. The fraction of sp³-hybridized carbons (Fsp3) is 0.0625. The summed E-state index contributed by atoms with van der Waals surface area (Å²) in [6.45, 7) is 0. The van der Waals surface area contributed by atoms with Crippen LogP contribution in [-0.4, -0.2) is 26.5 Å². The Morgan fingerprint density at radius 3 is 2.73 bits per heavy atom. The Morgan fingerprint density at radius 1 is 1.19 bits per heavy atom. The minimum absolute atomic E-state index is 0.0914. The van der Waals surface area contributed by atoms with Crippen LogP contribution in [0.15, 0.2) is 52.1 Å². The van der Waals surface area contributed by atoms with Crippen molar-refractivity contribution >= 4 is 62.5 Å². The molecule has 3 rings (SSSR count). The molecule has 0 fully saturated rings. The minimum atomic E-state index is -0.260. The highest BCUT2D eigenvalue weighted by molar-refractivity contribution is 9.10. The van der Waals surface area contributed by atoms with Crippen molar-refractivity contribution in [1.29, 1.82) is 0 Å². The second-order valence-electron chi connectivity index (χ2n) is 5.09. The first-order valence-electron chi connectivity index (χ1n) is 7.29. The minimum Gasteiger partial charge on any atom is -0.335 e. The highest BCUT2D eigenvalue weighted by Gasteiger charge is 2.16. The van der Waals surface area contributed by atoms with Crippen LogP contribution in [0.2, 0.25) is 10.0 Å². The van der Waals surface area contributed by atoms with Gasteiger partial charge < -0.3 is 11.2 Å². The van der Waals surface area contributed by atoms with E-state index < -0.39 is 0 Å². The number of nitrogens with one attached hydrogen (secondary N) is 1. The van der Waals surface area contributed by atoms with E-state index in [1.165, 1.54) is 16.4 Å². The second kappa shape index (κ2) is 8.30. The summed E-state index contributed by atoms with van der Waals surface area (Å²) in [6.07, 6.45) is 0. The molecule has 0 saturated carbocycles. The molecule has 0 bridgehead atoms. The molecule has 0 unspecified atom stereocenters. The first-order chi connectivity index (χ1) is 12.5. The molecule has 0 aliphatic heterocycles. The molecule has 26 heavy (non-hydrogen) atoms. The Bertz CT molecular complexity index is 966. The molecule has 2 aromatic carbocycles. The molecule has 6 nitrogen and oxygen atoms in total. The number of rotatable bonds is 5. The predicted octanol–water partition coefficient (Wildman–Crippen LogP) is 4.46. The van der Waals surface area contributed by atoms with Crippen molar-refractivity contribution in [3.8, 4) is 11.4 Å². The molecule has 134 valence electrons. The van der Waals surface area contributed by atoms with E-state index in [-0.39, 0.29) is 11.7 Å². The molecule has 3 N–H and O–H groups in total. The third-order valence-electron chi connectivity index (χ3n) is 3.34. The number of thioether (sulfide) groups is 1. The van der Waals surface area contributed by atoms with Gasteiger partial charge in [0.25, 0.3) is 0 Å². The summed E-state index contributed by atoms with van der Waals surface area (Å²) in [5.41, 5.74) is 1.26. The monoisotopic (exact) mass is 471 g/mol. The maximum absolute atomic E-state index is 12.2. The van der Waals surface area contributed by atoms with Gasteiger partial charge in [-0.15, -0.1) is 10.2 Å². The van der Waals surface area contributed by atoms with Gasteiger partial charge in [0.1, 0.15) is 0 Å². The number of carbonyl (C=O) groups excluding carboxylic acids is 1. The number of aromatic nitrogens is 3. The molecule has 1 aromatic heterocycles. The summed E-state index contributed by atoms with van der Waals surface area (Å²) >= 11 is 16.6. The second-order valence-corrected chi connectivity index (χ2v) is 7.68. The van der Waals surface area contributed by atoms with E-state index in [2.05, 4.69) is 31.4 Å². The normalized spacial score (nSPS) is 10.7. The van der Waals surface area contributed by atoms with Crippen LogP contribution in [0.4, 0.5) is 5.69 Å². The Morgan fingerprint density at radius 2 is 1.96 bits per heavy atom. The van der Waals surface area contributed by atoms with E-state index >= 15 is 0 Å². The summed E-state index contributed by atoms with van der Waals surface area (Å²) in [7, 11) is 0. The van der Waals surface area contributed by atoms with Crippen LogP contribution in [0, 0.1) is 0 Å². The van der Waals surface area contributed by atoms with Crippen molar-refractivity contribution in [2.45, 2.75) is 5.16 Å². The standard InChI is InChI=1S/C16H12BrCl2N5OS/c17-10-5-2-1-4-9(10)15-22-23-16(24(15)20)26-8-13(25)21-12-7-3-6-11(18)14(12)19/h1-7H,8,20H2,(H,21,25). The highest BCUT2D eigenvalue weighted by atomic mass is 79.9. The zero-order chi connectivity index (χ0) is 18.7. The van der Waals surface area contributed by atoms with E-state index in [1.807, 2.05) is 24.3 Å². The largest absolute Gasteiger partial charge is 0.335 e. The molecule has 0 saturated heterocycles. The summed E-state index contributed by atoms with van der Waals surface area (Å²) < 4.78 is 2.20. The van der Waals surface area contributed by atoms with Crippen LogP contribution in [-0.2, 0) is 4.79 Å². The van der Waals surface area contributed by atoms with E-state index in [9.17, 15) is 4.79 Å². The van der Waals surface area contributed by atoms with Gasteiger partial charge in [-0.05, 0) is 24.3 Å². The summed E-state index contributed by atoms with van der Waals surface area (Å²) in [5, 5.41) is 11.9. The van der Waals surface area contributed by atoms with Crippen LogP contribution in [0.1, 0.15) is 0 Å². The van der Waals surface area contributed by atoms with Gasteiger partial charge in [0.05, 0.1) is 21.5 Å². The number of hydrogen-bond donors (Lipinski definition) is 2. The Kier molecular flexibility index (Phi) is 6.08. The fourth-order valence-corrected chi connectivity index (χ4v) is 3.58. The van der Waals surface area contributed by atoms with Crippen LogP contribution in [0.5, 0.6) is 0 Å². The number of carbonyl (C=O) groups is 1. The number of anilines is 1. The van der Waals surface area contributed by atoms with Crippen LogP contribution in [0.25, 0.3) is 11.4 Å². The molecule has 0 aliphatic carbocycles. The molecule has 10 heteroatoms. The number of amides is 1. The molecule has 0 atom stereocenters. The van der Waals surface area contributed by atoms with Crippen molar-refractivity contribution in [3.05, 3.63) is 57.0 Å². The topological polar surface area (TPSA) is 85.8 Å². The lowest BCUT2D eigenvalue weighted by molar-refractivity contribution is -0.113. The lowest BCUT2D eigenvalue weighted by atomic mass is 10.2. The first-order valence-corrected chi connectivity index (χ1v) is 9.83. The average Bonchev–Trinajstić information content (AvgIpc) is 2.98. The van der Waals surface area contributed by atoms with Gasteiger partial charge in [-0.1, -0.05) is 69.1 Å². The van der Waals surface area contributed by atoms with E-state index in [1.54, 1.807) is 18.2 Å². The summed E-state index contributed by atoms with van der Waals surface area (Å²) in [6, 6.07) is 12.6. The number of nitrogens with two attached hydrogens (primary N) is 1. The van der Waals surface area contributed by atoms with Crippen LogP contribution in [0.3, 0.4) is 0 Å². The fourth-order valence-electron chi connectivity index (χ4n) is 2.12. The zero-order valence-electron chi connectivity index (χ0n) is 13.1. The molecule has 1 heterocycles. The molecule has 0 spiro atoms. The summed E-state index contributed by atoms with van der Waals surface area (Å²) in [4.78, 5) is 12.2. The highest BCUT2D eigenvalue weighted by Crippen LogP contribution is 2.30. The van der Waals surface area contributed by atoms with Gasteiger partial charge in [0, 0.05) is 10.0 Å². The maximum atomic E-state index is 12.2. The predicted molar refractivity (Wildman–Crippen MR) is 109 cm³/mol.